The summed E-state index contributed by atoms with van der Waals surface area (Å²) in [5.41, 5.74) is 7.58. The van der Waals surface area contributed by atoms with Crippen LogP contribution in [0.25, 0.3) is 0 Å². The zero-order valence-electron chi connectivity index (χ0n) is 9.74. The molecule has 2 aromatic carbocycles. The third-order valence-electron chi connectivity index (χ3n) is 2.70. The van der Waals surface area contributed by atoms with Crippen molar-refractivity contribution in [1.82, 2.24) is 0 Å². The molecule has 0 spiro atoms. The fraction of sp³-hybridized carbons (Fsp3) is 0.143. The summed E-state index contributed by atoms with van der Waals surface area (Å²) in [5, 5.41) is 3.40. The number of rotatable bonds is 4. The van der Waals surface area contributed by atoms with E-state index in [0.717, 1.165) is 11.3 Å². The summed E-state index contributed by atoms with van der Waals surface area (Å²) < 4.78 is 13.1. The van der Waals surface area contributed by atoms with Crippen LogP contribution in [0, 0.1) is 5.82 Å². The Hall–Kier alpha value is -1.58. The third-order valence-corrected chi connectivity index (χ3v) is 2.99. The lowest BCUT2D eigenvalue weighted by Gasteiger charge is -2.19. The number of hydrogen-bond donors (Lipinski definition) is 2. The maximum Gasteiger partial charge on any atom is 0.141 e. The molecule has 2 rings (SSSR count). The minimum atomic E-state index is -0.420. The van der Waals surface area contributed by atoms with Crippen molar-refractivity contribution in [1.29, 1.82) is 0 Å². The van der Waals surface area contributed by atoms with Gasteiger partial charge >= 0.3 is 0 Å². The molecule has 0 saturated heterocycles. The first-order chi connectivity index (χ1) is 8.70. The van der Waals surface area contributed by atoms with E-state index >= 15 is 0 Å². The van der Waals surface area contributed by atoms with Gasteiger partial charge in [0.05, 0.1) is 11.1 Å². The fourth-order valence-corrected chi connectivity index (χ4v) is 1.93. The van der Waals surface area contributed by atoms with Gasteiger partial charge in [-0.05, 0) is 29.8 Å². The molecule has 0 radical (unpaired) electrons. The van der Waals surface area contributed by atoms with Gasteiger partial charge in [0.15, 0.2) is 0 Å². The molecule has 2 aromatic rings. The minimum Gasteiger partial charge on any atom is -0.377 e. The number of anilines is 1. The molecule has 94 valence electrons. The van der Waals surface area contributed by atoms with E-state index in [0.29, 0.717) is 6.54 Å². The summed E-state index contributed by atoms with van der Waals surface area (Å²) in [6.07, 6.45) is 0. The summed E-state index contributed by atoms with van der Waals surface area (Å²) in [4.78, 5) is 0. The van der Waals surface area contributed by atoms with E-state index < -0.39 is 5.82 Å². The largest absolute Gasteiger partial charge is 0.377 e. The molecule has 3 N–H and O–H groups in total. The van der Waals surface area contributed by atoms with Crippen molar-refractivity contribution >= 4 is 17.3 Å². The lowest BCUT2D eigenvalue weighted by atomic mass is 10.1. The maximum atomic E-state index is 13.1. The Bertz CT molecular complexity index is 516. The maximum absolute atomic E-state index is 13.1. The van der Waals surface area contributed by atoms with E-state index in [-0.39, 0.29) is 11.1 Å². The topological polar surface area (TPSA) is 38.0 Å². The average molecular weight is 265 g/mol. The monoisotopic (exact) mass is 264 g/mol. The van der Waals surface area contributed by atoms with Gasteiger partial charge in [-0.25, -0.2) is 4.39 Å². The van der Waals surface area contributed by atoms with Gasteiger partial charge in [-0.15, -0.1) is 0 Å². The van der Waals surface area contributed by atoms with Crippen LogP contribution in [0.4, 0.5) is 10.1 Å². The van der Waals surface area contributed by atoms with E-state index in [1.54, 1.807) is 12.1 Å². The predicted molar refractivity (Wildman–Crippen MR) is 73.3 cm³/mol. The lowest BCUT2D eigenvalue weighted by molar-refractivity contribution is 0.626. The Labute approximate surface area is 111 Å². The van der Waals surface area contributed by atoms with Crippen molar-refractivity contribution in [3.05, 3.63) is 64.9 Å². The van der Waals surface area contributed by atoms with E-state index in [2.05, 4.69) is 5.32 Å². The summed E-state index contributed by atoms with van der Waals surface area (Å²) in [5.74, 6) is -0.420. The highest BCUT2D eigenvalue weighted by Crippen LogP contribution is 2.23. The van der Waals surface area contributed by atoms with Crippen molar-refractivity contribution < 1.29 is 4.39 Å². The fourth-order valence-electron chi connectivity index (χ4n) is 1.74. The molecule has 0 aliphatic carbocycles. The van der Waals surface area contributed by atoms with Crippen LogP contribution in [0.5, 0.6) is 0 Å². The van der Waals surface area contributed by atoms with E-state index in [1.165, 1.54) is 6.07 Å². The van der Waals surface area contributed by atoms with Crippen LogP contribution >= 0.6 is 11.6 Å². The van der Waals surface area contributed by atoms with Gasteiger partial charge in [0.1, 0.15) is 5.82 Å². The molecule has 0 saturated carbocycles. The van der Waals surface area contributed by atoms with Crippen molar-refractivity contribution in [3.63, 3.8) is 0 Å². The number of benzene rings is 2. The SMILES string of the molecule is NCC(Nc1ccccc1)c1ccc(F)c(Cl)c1. The number of nitrogens with one attached hydrogen (secondary N) is 1. The van der Waals surface area contributed by atoms with Gasteiger partial charge < -0.3 is 11.1 Å². The number of para-hydroxylation sites is 1. The van der Waals surface area contributed by atoms with Gasteiger partial charge in [0, 0.05) is 12.2 Å². The second-order valence-corrected chi connectivity index (χ2v) is 4.38. The van der Waals surface area contributed by atoms with Crippen LogP contribution < -0.4 is 11.1 Å². The molecule has 1 unspecified atom stereocenters. The van der Waals surface area contributed by atoms with Crippen LogP contribution in [-0.2, 0) is 0 Å². The quantitative estimate of drug-likeness (QED) is 0.886. The van der Waals surface area contributed by atoms with Gasteiger partial charge in [0.2, 0.25) is 0 Å². The van der Waals surface area contributed by atoms with E-state index in [1.807, 2.05) is 30.3 Å². The Morgan fingerprint density at radius 2 is 1.89 bits per heavy atom. The zero-order chi connectivity index (χ0) is 13.0. The summed E-state index contributed by atoms with van der Waals surface area (Å²) in [7, 11) is 0. The first-order valence-corrected chi connectivity index (χ1v) is 6.05. The van der Waals surface area contributed by atoms with E-state index in [9.17, 15) is 4.39 Å². The number of hydrogen-bond acceptors (Lipinski definition) is 2. The Balaban J connectivity index is 2.20. The number of halogens is 2. The molecule has 0 aliphatic rings. The molecule has 0 amide bonds. The lowest BCUT2D eigenvalue weighted by Crippen LogP contribution is -2.20. The smallest absolute Gasteiger partial charge is 0.141 e. The van der Waals surface area contributed by atoms with Crippen LogP contribution in [0.2, 0.25) is 5.02 Å². The Kier molecular flexibility index (Phi) is 4.18. The first-order valence-electron chi connectivity index (χ1n) is 5.67. The van der Waals surface area contributed by atoms with Crippen molar-refractivity contribution in [2.45, 2.75) is 6.04 Å². The predicted octanol–water partition coefficient (Wildman–Crippen LogP) is 3.59. The highest BCUT2D eigenvalue weighted by molar-refractivity contribution is 6.30. The molecule has 0 bridgehead atoms. The van der Waals surface area contributed by atoms with Gasteiger partial charge in [0.25, 0.3) is 0 Å². The zero-order valence-corrected chi connectivity index (χ0v) is 10.5. The first kappa shape index (κ1) is 12.9. The van der Waals surface area contributed by atoms with Gasteiger partial charge in [-0.1, -0.05) is 35.9 Å². The second-order valence-electron chi connectivity index (χ2n) is 3.97. The molecule has 2 nitrogen and oxygen atoms in total. The molecule has 4 heteroatoms. The van der Waals surface area contributed by atoms with Crippen LogP contribution in [0.15, 0.2) is 48.5 Å². The molecule has 18 heavy (non-hydrogen) atoms. The van der Waals surface area contributed by atoms with Crippen molar-refractivity contribution in [2.75, 3.05) is 11.9 Å². The van der Waals surface area contributed by atoms with Crippen LogP contribution in [0.3, 0.4) is 0 Å². The van der Waals surface area contributed by atoms with E-state index in [4.69, 9.17) is 17.3 Å². The molecule has 0 fully saturated rings. The molecular weight excluding hydrogens is 251 g/mol. The Morgan fingerprint density at radius 1 is 1.17 bits per heavy atom. The van der Waals surface area contributed by atoms with Crippen molar-refractivity contribution in [3.8, 4) is 0 Å². The second kappa shape index (κ2) is 5.85. The summed E-state index contributed by atoms with van der Waals surface area (Å²) in [6.45, 7) is 0.400. The van der Waals surface area contributed by atoms with Crippen LogP contribution in [-0.4, -0.2) is 6.54 Å². The molecule has 0 heterocycles. The molecule has 0 aliphatic heterocycles. The average Bonchev–Trinajstić information content (AvgIpc) is 2.40. The van der Waals surface area contributed by atoms with Crippen molar-refractivity contribution in [2.24, 2.45) is 5.73 Å². The number of nitrogens with two attached hydrogens (primary N) is 1. The normalized spacial score (nSPS) is 12.2. The van der Waals surface area contributed by atoms with Gasteiger partial charge in [-0.2, -0.15) is 0 Å². The molecule has 1 atom stereocenters. The highest BCUT2D eigenvalue weighted by atomic mass is 35.5. The molecule has 0 aromatic heterocycles. The summed E-state index contributed by atoms with van der Waals surface area (Å²) in [6, 6.07) is 14.3. The minimum absolute atomic E-state index is 0.0921. The third kappa shape index (κ3) is 3.00. The van der Waals surface area contributed by atoms with Gasteiger partial charge in [-0.3, -0.25) is 0 Å². The molecular formula is C14H14ClFN2. The highest BCUT2D eigenvalue weighted by Gasteiger charge is 2.11. The Morgan fingerprint density at radius 3 is 2.50 bits per heavy atom. The van der Waals surface area contributed by atoms with Crippen LogP contribution in [0.1, 0.15) is 11.6 Å². The standard InChI is InChI=1S/C14H14ClFN2/c15-12-8-10(6-7-13(12)16)14(9-17)18-11-4-2-1-3-5-11/h1-8,14,18H,9,17H2. The summed E-state index contributed by atoms with van der Waals surface area (Å²) >= 11 is 5.77.